The van der Waals surface area contributed by atoms with Crippen LogP contribution in [-0.2, 0) is 6.42 Å². The Kier molecular flexibility index (Phi) is 13.9. The van der Waals surface area contributed by atoms with E-state index in [-0.39, 0.29) is 29.7 Å². The summed E-state index contributed by atoms with van der Waals surface area (Å²) < 4.78 is 0. The molecule has 64 heavy (non-hydrogen) atoms. The summed E-state index contributed by atoms with van der Waals surface area (Å²) in [5.41, 5.74) is 5.64. The van der Waals surface area contributed by atoms with Crippen LogP contribution in [0.4, 0.5) is 11.4 Å². The van der Waals surface area contributed by atoms with E-state index in [1.165, 1.54) is 74.7 Å². The number of nitrogens with zero attached hydrogens (tertiary/aromatic N) is 4. The van der Waals surface area contributed by atoms with Crippen molar-refractivity contribution in [3.63, 3.8) is 0 Å². The molecule has 336 valence electrons. The van der Waals surface area contributed by atoms with Gasteiger partial charge < -0.3 is 9.80 Å². The predicted octanol–water partition coefficient (Wildman–Crippen LogP) is 13.3. The maximum atomic E-state index is 14.7. The number of fused-ring (bicyclic) bond motifs is 2. The fourth-order valence-electron chi connectivity index (χ4n) is 10.9. The molecule has 6 aromatic rings. The highest BCUT2D eigenvalue weighted by Gasteiger charge is 2.39. The van der Waals surface area contributed by atoms with E-state index in [0.717, 1.165) is 94.0 Å². The third-order valence-corrected chi connectivity index (χ3v) is 14.3. The monoisotopic (exact) mass is 861 g/mol. The molecule has 0 saturated heterocycles. The molecule has 0 unspecified atom stereocenters. The van der Waals surface area contributed by atoms with Gasteiger partial charge in [0, 0.05) is 85.2 Å². The summed E-state index contributed by atoms with van der Waals surface area (Å²) in [6.45, 7) is 4.80. The molecule has 0 aliphatic carbocycles. The Morgan fingerprint density at radius 2 is 0.875 bits per heavy atom. The number of benzene rings is 6. The lowest BCUT2D eigenvalue weighted by Crippen LogP contribution is -2.47. The quantitative estimate of drug-likeness (QED) is 0.0276. The van der Waals surface area contributed by atoms with Crippen molar-refractivity contribution < 1.29 is 19.2 Å². The van der Waals surface area contributed by atoms with Gasteiger partial charge in [-0.3, -0.25) is 29.0 Å². The molecule has 2 aliphatic rings. The molecule has 6 aromatic carbocycles. The number of unbranched alkanes of at least 4 members (excludes halogenated alkanes) is 12. The van der Waals surface area contributed by atoms with Gasteiger partial charge in [-0.15, -0.1) is 0 Å². The number of carbonyl (C=O) groups is 4. The first-order valence-electron chi connectivity index (χ1n) is 24.5. The molecule has 0 atom stereocenters. The maximum Gasteiger partial charge on any atom is 0.261 e. The Bertz CT molecular complexity index is 2560. The summed E-state index contributed by atoms with van der Waals surface area (Å²) in [7, 11) is 8.12. The van der Waals surface area contributed by atoms with Crippen molar-refractivity contribution in [1.29, 1.82) is 0 Å². The molecule has 8 nitrogen and oxygen atoms in total. The number of carbonyl (C=O) groups excluding carboxylic acids is 4. The van der Waals surface area contributed by atoms with E-state index in [0.29, 0.717) is 40.6 Å². The number of aryl methyl sites for hydroxylation is 1. The molecule has 0 saturated carbocycles. The highest BCUT2D eigenvalue weighted by atomic mass is 16.2. The molecule has 0 bridgehead atoms. The van der Waals surface area contributed by atoms with Gasteiger partial charge in [-0.1, -0.05) is 128 Å². The van der Waals surface area contributed by atoms with Gasteiger partial charge in [-0.25, -0.2) is 0 Å². The van der Waals surface area contributed by atoms with Crippen LogP contribution >= 0.6 is 0 Å². The number of rotatable bonds is 23. The van der Waals surface area contributed by atoms with Gasteiger partial charge in [-0.2, -0.15) is 0 Å². The first-order chi connectivity index (χ1) is 31.1. The van der Waals surface area contributed by atoms with Crippen LogP contribution in [0.15, 0.2) is 66.7 Å². The van der Waals surface area contributed by atoms with Crippen molar-refractivity contribution >= 4 is 78.1 Å². The largest absolute Gasteiger partial charge is 0.378 e. The van der Waals surface area contributed by atoms with Crippen molar-refractivity contribution in [3.8, 4) is 0 Å². The lowest BCUT2D eigenvalue weighted by atomic mass is 9.82. The van der Waals surface area contributed by atoms with Crippen molar-refractivity contribution in [3.05, 3.63) is 94.5 Å². The minimum atomic E-state index is -0.272. The second kappa shape index (κ2) is 19.7. The summed E-state index contributed by atoms with van der Waals surface area (Å²) in [6.07, 6.45) is 19.8. The maximum absolute atomic E-state index is 14.7. The summed E-state index contributed by atoms with van der Waals surface area (Å²) in [6, 6.07) is 21.9. The molecular weight excluding hydrogens is 793 g/mol. The molecular formula is C56H68N4O4. The fraction of sp³-hybridized carbons (Fsp3) is 0.464. The molecule has 0 aromatic heterocycles. The normalized spacial score (nSPS) is 13.9. The highest BCUT2D eigenvalue weighted by Crippen LogP contribution is 2.47. The van der Waals surface area contributed by atoms with Crippen molar-refractivity contribution in [1.82, 2.24) is 9.80 Å². The molecule has 8 rings (SSSR count). The Hall–Kier alpha value is -5.50. The Morgan fingerprint density at radius 1 is 0.453 bits per heavy atom. The van der Waals surface area contributed by atoms with Gasteiger partial charge in [0.05, 0.1) is 0 Å². The smallest absolute Gasteiger partial charge is 0.261 e. The Balaban J connectivity index is 1.09. The zero-order valence-corrected chi connectivity index (χ0v) is 39.3. The predicted molar refractivity (Wildman–Crippen MR) is 266 cm³/mol. The Labute approximate surface area is 380 Å². The van der Waals surface area contributed by atoms with Gasteiger partial charge in [0.1, 0.15) is 0 Å². The molecule has 2 heterocycles. The first kappa shape index (κ1) is 45.1. The second-order valence-corrected chi connectivity index (χ2v) is 19.1. The third kappa shape index (κ3) is 8.45. The van der Waals surface area contributed by atoms with Gasteiger partial charge >= 0.3 is 0 Å². The minimum Gasteiger partial charge on any atom is -0.378 e. The van der Waals surface area contributed by atoms with Crippen LogP contribution in [0.5, 0.6) is 0 Å². The van der Waals surface area contributed by atoms with Gasteiger partial charge in [0.25, 0.3) is 23.6 Å². The third-order valence-electron chi connectivity index (χ3n) is 14.3. The van der Waals surface area contributed by atoms with E-state index in [9.17, 15) is 19.2 Å². The average Bonchev–Trinajstić information content (AvgIpc) is 3.29. The zero-order chi connectivity index (χ0) is 45.1. The topological polar surface area (TPSA) is 81.2 Å². The van der Waals surface area contributed by atoms with E-state index in [1.807, 2.05) is 76.7 Å². The molecule has 0 spiro atoms. The molecule has 8 heteroatoms. The fourth-order valence-corrected chi connectivity index (χ4v) is 10.9. The first-order valence-corrected chi connectivity index (χ1v) is 24.5. The molecule has 2 aliphatic heterocycles. The van der Waals surface area contributed by atoms with Gasteiger partial charge in [0.15, 0.2) is 0 Å². The van der Waals surface area contributed by atoms with Gasteiger partial charge in [0.2, 0.25) is 0 Å². The Morgan fingerprint density at radius 3 is 1.30 bits per heavy atom. The van der Waals surface area contributed by atoms with Gasteiger partial charge in [-0.05, 0) is 106 Å². The molecule has 0 N–H and O–H groups in total. The van der Waals surface area contributed by atoms with E-state index in [4.69, 9.17) is 0 Å². The number of hydrogen-bond donors (Lipinski definition) is 0. The van der Waals surface area contributed by atoms with E-state index in [2.05, 4.69) is 41.8 Å². The van der Waals surface area contributed by atoms with E-state index >= 15 is 0 Å². The summed E-state index contributed by atoms with van der Waals surface area (Å²) in [5.74, 6) is -0.919. The second-order valence-electron chi connectivity index (χ2n) is 19.1. The number of hydrogen-bond acceptors (Lipinski definition) is 6. The minimum absolute atomic E-state index is 0.127. The zero-order valence-electron chi connectivity index (χ0n) is 39.3. The summed E-state index contributed by atoms with van der Waals surface area (Å²) >= 11 is 0. The lowest BCUT2D eigenvalue weighted by Gasteiger charge is -2.35. The molecule has 0 fully saturated rings. The average molecular weight is 861 g/mol. The number of amides is 4. The number of imide groups is 2. The van der Waals surface area contributed by atoms with Crippen molar-refractivity contribution in [2.75, 3.05) is 44.5 Å². The van der Waals surface area contributed by atoms with E-state index < -0.39 is 0 Å². The number of anilines is 2. The SMILES string of the molecule is CCCCCCCCCC(CCCCCCCCC)N1C(=O)c2ccc3c4ccc5c6c(ccc(c7ccc(c2c37)C1=O)c64)C(=O)N(CCCc1cc(N(C)C)ccc1N(C)C)C5=O. The van der Waals surface area contributed by atoms with Crippen LogP contribution in [0.3, 0.4) is 0 Å². The van der Waals surface area contributed by atoms with Crippen LogP contribution < -0.4 is 9.80 Å². The molecule has 4 amide bonds. The summed E-state index contributed by atoms with van der Waals surface area (Å²) in [5, 5.41) is 6.84. The molecule has 0 radical (unpaired) electrons. The van der Waals surface area contributed by atoms with Crippen molar-refractivity contribution in [2.45, 2.75) is 135 Å². The highest BCUT2D eigenvalue weighted by molar-refractivity contribution is 6.41. The lowest BCUT2D eigenvalue weighted by molar-refractivity contribution is 0.0514. The summed E-state index contributed by atoms with van der Waals surface area (Å²) in [4.78, 5) is 65.3. The van der Waals surface area contributed by atoms with Crippen molar-refractivity contribution in [2.24, 2.45) is 0 Å². The van der Waals surface area contributed by atoms with Crippen LogP contribution in [0, 0.1) is 0 Å². The standard InChI is InChI=1S/C56H68N4O4/c1-7-9-11-13-15-17-19-23-38(24-20-18-16-14-12-10-8-2)60-55(63)46-32-28-42-40-26-30-44-51-45(31-27-41(49(40)51)43-29-33-47(56(60)64)52(46)50(42)43)54(62)59(53(44)61)35-21-22-37-36-39(57(3)4)25-34-48(37)58(5)6/h25-34,36,38H,7-24,35H2,1-6H3. The van der Waals surface area contributed by atoms with Crippen LogP contribution in [0.1, 0.15) is 170 Å². The van der Waals surface area contributed by atoms with Crippen LogP contribution in [0.25, 0.3) is 43.1 Å². The van der Waals surface area contributed by atoms with Crippen LogP contribution in [0.2, 0.25) is 0 Å². The van der Waals surface area contributed by atoms with E-state index in [1.54, 1.807) is 4.90 Å². The van der Waals surface area contributed by atoms with Crippen LogP contribution in [-0.4, -0.2) is 74.2 Å².